The summed E-state index contributed by atoms with van der Waals surface area (Å²) in [4.78, 5) is 7.12. The van der Waals surface area contributed by atoms with Gasteiger partial charge in [0.05, 0.1) is 12.2 Å². The summed E-state index contributed by atoms with van der Waals surface area (Å²) in [6.45, 7) is 2.38. The third-order valence-electron chi connectivity index (χ3n) is 4.44. The molecule has 1 aliphatic heterocycles. The number of benzene rings is 2. The van der Waals surface area contributed by atoms with E-state index in [-0.39, 0.29) is 12.4 Å². The molecule has 2 heterocycles. The molecular formula is C20H22ClN3OS. The Labute approximate surface area is 164 Å². The summed E-state index contributed by atoms with van der Waals surface area (Å²) in [5.74, 6) is 0.875. The molecule has 4 nitrogen and oxygen atoms in total. The monoisotopic (exact) mass is 387 g/mol. The Hall–Kier alpha value is -2.24. The van der Waals surface area contributed by atoms with Crippen molar-refractivity contribution in [3.8, 4) is 5.75 Å². The smallest absolute Gasteiger partial charge is 0.140 e. The van der Waals surface area contributed by atoms with Crippen LogP contribution in [0, 0.1) is 0 Å². The van der Waals surface area contributed by atoms with Crippen molar-refractivity contribution in [3.05, 3.63) is 70.2 Å². The average Bonchev–Trinajstić information content (AvgIpc) is 3.09. The van der Waals surface area contributed by atoms with E-state index < -0.39 is 0 Å². The van der Waals surface area contributed by atoms with Crippen LogP contribution in [0.25, 0.3) is 0 Å². The van der Waals surface area contributed by atoms with Crippen LogP contribution >= 0.6 is 23.7 Å². The number of nitrogens with two attached hydrogens (primary N) is 1. The van der Waals surface area contributed by atoms with Crippen LogP contribution in [0.3, 0.4) is 0 Å². The van der Waals surface area contributed by atoms with Crippen LogP contribution in [0.5, 0.6) is 5.75 Å². The number of anilines is 2. The van der Waals surface area contributed by atoms with Gasteiger partial charge >= 0.3 is 0 Å². The maximum Gasteiger partial charge on any atom is 0.140 e. The number of thiazole rings is 1. The Bertz CT molecular complexity index is 853. The van der Waals surface area contributed by atoms with Crippen molar-refractivity contribution in [2.45, 2.75) is 26.0 Å². The molecule has 1 aliphatic rings. The lowest BCUT2D eigenvalue weighted by atomic mass is 10.00. The molecule has 0 fully saturated rings. The van der Waals surface area contributed by atoms with Gasteiger partial charge in [0.25, 0.3) is 0 Å². The number of hydrogen-bond donors (Lipinski definition) is 1. The predicted molar refractivity (Wildman–Crippen MR) is 110 cm³/mol. The average molecular weight is 388 g/mol. The van der Waals surface area contributed by atoms with E-state index >= 15 is 0 Å². The molecule has 6 heteroatoms. The minimum absolute atomic E-state index is 0. The third kappa shape index (κ3) is 4.11. The van der Waals surface area contributed by atoms with Crippen LogP contribution in [-0.2, 0) is 19.6 Å². The molecule has 4 rings (SSSR count). The molecular weight excluding hydrogens is 366 g/mol. The molecule has 0 aliphatic carbocycles. The Balaban J connectivity index is 0.00000196. The van der Waals surface area contributed by atoms with Crippen molar-refractivity contribution >= 4 is 35.1 Å². The molecule has 0 spiro atoms. The van der Waals surface area contributed by atoms with Crippen molar-refractivity contribution < 1.29 is 4.74 Å². The summed E-state index contributed by atoms with van der Waals surface area (Å²) in [5.41, 5.74) is 10.7. The molecule has 0 bridgehead atoms. The van der Waals surface area contributed by atoms with Crippen LogP contribution < -0.4 is 15.4 Å². The second kappa shape index (κ2) is 8.43. The fourth-order valence-electron chi connectivity index (χ4n) is 3.24. The molecule has 1 aromatic heterocycles. The molecule has 0 saturated heterocycles. The van der Waals surface area contributed by atoms with Gasteiger partial charge in [-0.3, -0.25) is 0 Å². The zero-order valence-electron chi connectivity index (χ0n) is 14.4. The number of fused-ring (bicyclic) bond motifs is 1. The summed E-state index contributed by atoms with van der Waals surface area (Å²) >= 11 is 1.65. The maximum absolute atomic E-state index is 6.14. The van der Waals surface area contributed by atoms with Gasteiger partial charge < -0.3 is 15.4 Å². The van der Waals surface area contributed by atoms with Crippen molar-refractivity contribution in [3.63, 3.8) is 0 Å². The van der Waals surface area contributed by atoms with Crippen LogP contribution in [0.15, 0.2) is 53.9 Å². The van der Waals surface area contributed by atoms with Crippen LogP contribution in [0.1, 0.15) is 22.7 Å². The molecule has 0 radical (unpaired) electrons. The maximum atomic E-state index is 6.14. The first-order valence-corrected chi connectivity index (χ1v) is 9.41. The fraction of sp³-hybridized carbons (Fsp3) is 0.250. The number of hydrogen-bond acceptors (Lipinski definition) is 5. The van der Waals surface area contributed by atoms with Gasteiger partial charge in [0.2, 0.25) is 0 Å². The quantitative estimate of drug-likeness (QED) is 0.646. The lowest BCUT2D eigenvalue weighted by Crippen LogP contribution is -2.29. The first-order valence-electron chi connectivity index (χ1n) is 8.53. The van der Waals surface area contributed by atoms with Gasteiger partial charge in [-0.25, -0.2) is 4.98 Å². The van der Waals surface area contributed by atoms with Crippen LogP contribution in [-0.4, -0.2) is 11.5 Å². The topological polar surface area (TPSA) is 51.4 Å². The SMILES string of the molecule is Cl.Nc1cccc2c1CCCN2Cc1csc(COc2ccccc2)n1. The molecule has 0 amide bonds. The number of para-hydroxylation sites is 1. The largest absolute Gasteiger partial charge is 0.486 e. The lowest BCUT2D eigenvalue weighted by Gasteiger charge is -2.31. The minimum atomic E-state index is 0. The molecule has 2 N–H and O–H groups in total. The summed E-state index contributed by atoms with van der Waals surface area (Å²) < 4.78 is 5.79. The summed E-state index contributed by atoms with van der Waals surface area (Å²) in [5, 5.41) is 3.13. The number of nitrogens with zero attached hydrogens (tertiary/aromatic N) is 2. The highest BCUT2D eigenvalue weighted by molar-refractivity contribution is 7.09. The number of halogens is 1. The van der Waals surface area contributed by atoms with E-state index in [2.05, 4.69) is 16.3 Å². The van der Waals surface area contributed by atoms with Gasteiger partial charge in [0, 0.05) is 23.3 Å². The minimum Gasteiger partial charge on any atom is -0.486 e. The third-order valence-corrected chi connectivity index (χ3v) is 5.31. The second-order valence-electron chi connectivity index (χ2n) is 6.20. The molecule has 2 aromatic carbocycles. The Morgan fingerprint density at radius 3 is 2.81 bits per heavy atom. The fourth-order valence-corrected chi connectivity index (χ4v) is 3.93. The van der Waals surface area contributed by atoms with Crippen LogP contribution in [0.4, 0.5) is 11.4 Å². The lowest BCUT2D eigenvalue weighted by molar-refractivity contribution is 0.305. The Kier molecular flexibility index (Phi) is 6.01. The summed E-state index contributed by atoms with van der Waals surface area (Å²) in [6.07, 6.45) is 2.20. The zero-order valence-corrected chi connectivity index (χ0v) is 16.1. The Morgan fingerprint density at radius 1 is 1.12 bits per heavy atom. The second-order valence-corrected chi connectivity index (χ2v) is 7.15. The molecule has 0 atom stereocenters. The molecule has 136 valence electrons. The standard InChI is InChI=1S/C20H21N3OS.ClH/c21-18-9-4-10-19-17(18)8-5-11-23(19)12-15-14-25-20(22-15)13-24-16-6-2-1-3-7-16;/h1-4,6-7,9-10,14H,5,8,11-13,21H2;1H. The number of nitrogen functional groups attached to an aromatic ring is 1. The van der Waals surface area contributed by atoms with Gasteiger partial charge in [-0.05, 0) is 42.7 Å². The zero-order chi connectivity index (χ0) is 17.1. The highest BCUT2D eigenvalue weighted by Crippen LogP contribution is 2.32. The van der Waals surface area contributed by atoms with Gasteiger partial charge in [0.15, 0.2) is 0 Å². The normalized spacial score (nSPS) is 13.0. The van der Waals surface area contributed by atoms with Gasteiger partial charge in [-0.1, -0.05) is 24.3 Å². The van der Waals surface area contributed by atoms with Crippen molar-refractivity contribution in [1.29, 1.82) is 0 Å². The summed E-state index contributed by atoms with van der Waals surface area (Å²) in [7, 11) is 0. The van der Waals surface area contributed by atoms with E-state index in [0.29, 0.717) is 6.61 Å². The van der Waals surface area contributed by atoms with Crippen molar-refractivity contribution in [1.82, 2.24) is 4.98 Å². The molecule has 26 heavy (non-hydrogen) atoms. The Morgan fingerprint density at radius 2 is 1.96 bits per heavy atom. The first-order chi connectivity index (χ1) is 12.3. The molecule has 3 aromatic rings. The van der Waals surface area contributed by atoms with Crippen molar-refractivity contribution in [2.75, 3.05) is 17.2 Å². The van der Waals surface area contributed by atoms with Gasteiger partial charge in [-0.15, -0.1) is 23.7 Å². The molecule has 0 unspecified atom stereocenters. The highest BCUT2D eigenvalue weighted by Gasteiger charge is 2.19. The first kappa shape index (κ1) is 18.5. The molecule has 0 saturated carbocycles. The van der Waals surface area contributed by atoms with E-state index in [1.807, 2.05) is 42.5 Å². The number of rotatable bonds is 5. The number of aromatic nitrogens is 1. The van der Waals surface area contributed by atoms with E-state index in [9.17, 15) is 0 Å². The highest BCUT2D eigenvalue weighted by atomic mass is 35.5. The van der Waals surface area contributed by atoms with E-state index in [1.165, 1.54) is 11.3 Å². The van der Waals surface area contributed by atoms with E-state index in [0.717, 1.165) is 48.1 Å². The van der Waals surface area contributed by atoms with Gasteiger partial charge in [0.1, 0.15) is 17.4 Å². The van der Waals surface area contributed by atoms with Gasteiger partial charge in [-0.2, -0.15) is 0 Å². The van der Waals surface area contributed by atoms with Crippen molar-refractivity contribution in [2.24, 2.45) is 0 Å². The van der Waals surface area contributed by atoms with E-state index in [4.69, 9.17) is 15.5 Å². The van der Waals surface area contributed by atoms with Crippen LogP contribution in [0.2, 0.25) is 0 Å². The summed E-state index contributed by atoms with van der Waals surface area (Å²) in [6, 6.07) is 16.0. The van der Waals surface area contributed by atoms with E-state index in [1.54, 1.807) is 11.3 Å². The predicted octanol–water partition coefficient (Wildman–Crippen LogP) is 4.68. The number of ether oxygens (including phenoxy) is 1.